The molecule has 3 rings (SSSR count). The van der Waals surface area contributed by atoms with Gasteiger partial charge < -0.3 is 15.0 Å². The van der Waals surface area contributed by atoms with Crippen LogP contribution in [0.25, 0.3) is 10.9 Å². The number of hydrogen-bond acceptors (Lipinski definition) is 2. The third-order valence-electron chi connectivity index (χ3n) is 5.11. The van der Waals surface area contributed by atoms with Gasteiger partial charge in [0.25, 0.3) is 0 Å². The number of fused-ring (bicyclic) bond motifs is 1. The van der Waals surface area contributed by atoms with E-state index in [1.54, 1.807) is 0 Å². The maximum Gasteiger partial charge on any atom is 0.222 e. The molecule has 1 aromatic carbocycles. The minimum absolute atomic E-state index is 0.206. The van der Waals surface area contributed by atoms with Crippen LogP contribution in [0.2, 0.25) is 0 Å². The molecule has 0 bridgehead atoms. The predicted molar refractivity (Wildman–Crippen MR) is 92.3 cm³/mol. The van der Waals surface area contributed by atoms with Gasteiger partial charge in [0.15, 0.2) is 0 Å². The molecule has 1 aliphatic rings. The SMILES string of the molecule is Cc1cccc2c(CCC(=O)N3CCCC(C(C)O)C3)c[nH]c12. The zero-order valence-corrected chi connectivity index (χ0v) is 14.0. The lowest BCUT2D eigenvalue weighted by Gasteiger charge is -2.34. The molecule has 0 aliphatic carbocycles. The molecule has 2 N–H and O–H groups in total. The van der Waals surface area contributed by atoms with E-state index in [1.165, 1.54) is 22.0 Å². The molecule has 2 heterocycles. The van der Waals surface area contributed by atoms with E-state index in [4.69, 9.17) is 0 Å². The van der Waals surface area contributed by atoms with Gasteiger partial charge in [-0.1, -0.05) is 18.2 Å². The van der Waals surface area contributed by atoms with E-state index in [-0.39, 0.29) is 17.9 Å². The van der Waals surface area contributed by atoms with E-state index in [0.29, 0.717) is 13.0 Å². The molecular weight excluding hydrogens is 288 g/mol. The molecule has 1 aromatic heterocycles. The standard InChI is InChI=1S/C19H26N2O2/c1-13-5-3-7-17-15(11-20-19(13)17)8-9-18(23)21-10-4-6-16(12-21)14(2)22/h3,5,7,11,14,16,20,22H,4,6,8-10,12H2,1-2H3. The lowest BCUT2D eigenvalue weighted by Crippen LogP contribution is -2.43. The van der Waals surface area contributed by atoms with Crippen LogP contribution in [-0.2, 0) is 11.2 Å². The summed E-state index contributed by atoms with van der Waals surface area (Å²) in [6, 6.07) is 6.27. The van der Waals surface area contributed by atoms with Gasteiger partial charge >= 0.3 is 0 Å². The van der Waals surface area contributed by atoms with Crippen molar-refractivity contribution in [2.75, 3.05) is 13.1 Å². The van der Waals surface area contributed by atoms with E-state index < -0.39 is 0 Å². The summed E-state index contributed by atoms with van der Waals surface area (Å²) in [5.41, 5.74) is 3.61. The van der Waals surface area contributed by atoms with Crippen molar-refractivity contribution in [1.82, 2.24) is 9.88 Å². The average Bonchev–Trinajstić information content (AvgIpc) is 2.97. The summed E-state index contributed by atoms with van der Waals surface area (Å²) >= 11 is 0. The van der Waals surface area contributed by atoms with Gasteiger partial charge in [-0.25, -0.2) is 0 Å². The Morgan fingerprint density at radius 1 is 1.48 bits per heavy atom. The van der Waals surface area contributed by atoms with Crippen LogP contribution in [0.3, 0.4) is 0 Å². The van der Waals surface area contributed by atoms with Crippen LogP contribution in [0.1, 0.15) is 37.3 Å². The fourth-order valence-electron chi connectivity index (χ4n) is 3.60. The van der Waals surface area contributed by atoms with Gasteiger partial charge in [-0.15, -0.1) is 0 Å². The first kappa shape index (κ1) is 16.1. The molecule has 0 radical (unpaired) electrons. The zero-order valence-electron chi connectivity index (χ0n) is 14.0. The number of aliphatic hydroxyl groups excluding tert-OH is 1. The first-order valence-electron chi connectivity index (χ1n) is 8.57. The Balaban J connectivity index is 1.63. The minimum Gasteiger partial charge on any atom is -0.393 e. The van der Waals surface area contributed by atoms with Crippen LogP contribution in [0.15, 0.2) is 24.4 Å². The summed E-state index contributed by atoms with van der Waals surface area (Å²) in [5.74, 6) is 0.431. The number of piperidine rings is 1. The van der Waals surface area contributed by atoms with E-state index in [2.05, 4.69) is 30.1 Å². The van der Waals surface area contributed by atoms with Gasteiger partial charge in [0, 0.05) is 42.5 Å². The number of carbonyl (C=O) groups is 1. The highest BCUT2D eigenvalue weighted by molar-refractivity contribution is 5.86. The second-order valence-corrected chi connectivity index (χ2v) is 6.79. The number of aliphatic hydroxyl groups is 1. The van der Waals surface area contributed by atoms with Gasteiger partial charge in [-0.3, -0.25) is 4.79 Å². The largest absolute Gasteiger partial charge is 0.393 e. The Labute approximate surface area is 137 Å². The molecule has 2 aromatic rings. The van der Waals surface area contributed by atoms with Crippen molar-refractivity contribution >= 4 is 16.8 Å². The van der Waals surface area contributed by atoms with Crippen molar-refractivity contribution in [3.05, 3.63) is 35.5 Å². The van der Waals surface area contributed by atoms with Gasteiger partial charge in [0.1, 0.15) is 0 Å². The monoisotopic (exact) mass is 314 g/mol. The number of aromatic amines is 1. The molecule has 4 heteroatoms. The second kappa shape index (κ2) is 6.75. The van der Waals surface area contributed by atoms with Crippen molar-refractivity contribution in [2.45, 2.75) is 45.6 Å². The fourth-order valence-corrected chi connectivity index (χ4v) is 3.60. The number of aromatic nitrogens is 1. The van der Waals surface area contributed by atoms with E-state index in [0.717, 1.165) is 25.8 Å². The molecule has 4 nitrogen and oxygen atoms in total. The van der Waals surface area contributed by atoms with Crippen LogP contribution >= 0.6 is 0 Å². The highest BCUT2D eigenvalue weighted by atomic mass is 16.3. The number of rotatable bonds is 4. The first-order valence-corrected chi connectivity index (χ1v) is 8.57. The number of likely N-dealkylation sites (tertiary alicyclic amines) is 1. The maximum absolute atomic E-state index is 12.5. The Morgan fingerprint density at radius 2 is 2.30 bits per heavy atom. The summed E-state index contributed by atoms with van der Waals surface area (Å²) in [4.78, 5) is 17.8. The van der Waals surface area contributed by atoms with Crippen LogP contribution in [0.5, 0.6) is 0 Å². The normalized spacial score (nSPS) is 20.0. The molecule has 2 atom stereocenters. The number of H-pyrrole nitrogens is 1. The molecule has 0 spiro atoms. The zero-order chi connectivity index (χ0) is 16.4. The summed E-state index contributed by atoms with van der Waals surface area (Å²) < 4.78 is 0. The van der Waals surface area contributed by atoms with Crippen molar-refractivity contribution in [1.29, 1.82) is 0 Å². The van der Waals surface area contributed by atoms with Crippen LogP contribution < -0.4 is 0 Å². The summed E-state index contributed by atoms with van der Waals surface area (Å²) in [6.07, 6.45) is 5.00. The molecule has 1 saturated heterocycles. The average molecular weight is 314 g/mol. The minimum atomic E-state index is -0.331. The number of nitrogens with zero attached hydrogens (tertiary/aromatic N) is 1. The number of hydrogen-bond donors (Lipinski definition) is 2. The number of benzene rings is 1. The van der Waals surface area contributed by atoms with Crippen LogP contribution in [-0.4, -0.2) is 40.1 Å². The summed E-state index contributed by atoms with van der Waals surface area (Å²) in [7, 11) is 0. The highest BCUT2D eigenvalue weighted by Crippen LogP contribution is 2.24. The van der Waals surface area contributed by atoms with Crippen molar-refractivity contribution in [2.24, 2.45) is 5.92 Å². The summed E-state index contributed by atoms with van der Waals surface area (Å²) in [5, 5.41) is 11.0. The fraction of sp³-hybridized carbons (Fsp3) is 0.526. The quantitative estimate of drug-likeness (QED) is 0.911. The number of carbonyl (C=O) groups excluding carboxylic acids is 1. The Morgan fingerprint density at radius 3 is 3.09 bits per heavy atom. The maximum atomic E-state index is 12.5. The second-order valence-electron chi connectivity index (χ2n) is 6.79. The smallest absolute Gasteiger partial charge is 0.222 e. The lowest BCUT2D eigenvalue weighted by atomic mass is 9.93. The van der Waals surface area contributed by atoms with Crippen molar-refractivity contribution in [3.63, 3.8) is 0 Å². The van der Waals surface area contributed by atoms with Crippen LogP contribution in [0.4, 0.5) is 0 Å². The van der Waals surface area contributed by atoms with Crippen molar-refractivity contribution in [3.8, 4) is 0 Å². The molecular formula is C19H26N2O2. The molecule has 124 valence electrons. The van der Waals surface area contributed by atoms with Crippen molar-refractivity contribution < 1.29 is 9.90 Å². The number of nitrogens with one attached hydrogen (secondary N) is 1. The van der Waals surface area contributed by atoms with Gasteiger partial charge in [-0.2, -0.15) is 0 Å². The number of amides is 1. The molecule has 2 unspecified atom stereocenters. The molecule has 1 fully saturated rings. The summed E-state index contributed by atoms with van der Waals surface area (Å²) in [6.45, 7) is 5.45. The highest BCUT2D eigenvalue weighted by Gasteiger charge is 2.26. The van der Waals surface area contributed by atoms with E-state index in [1.807, 2.05) is 18.0 Å². The topological polar surface area (TPSA) is 56.3 Å². The van der Waals surface area contributed by atoms with Gasteiger partial charge in [-0.05, 0) is 44.2 Å². The third kappa shape index (κ3) is 3.42. The number of para-hydroxylation sites is 1. The Hall–Kier alpha value is -1.81. The van der Waals surface area contributed by atoms with Crippen LogP contribution in [0, 0.1) is 12.8 Å². The molecule has 23 heavy (non-hydrogen) atoms. The van der Waals surface area contributed by atoms with Gasteiger partial charge in [0.05, 0.1) is 6.10 Å². The Kier molecular flexibility index (Phi) is 4.71. The van der Waals surface area contributed by atoms with E-state index in [9.17, 15) is 9.90 Å². The van der Waals surface area contributed by atoms with E-state index >= 15 is 0 Å². The third-order valence-corrected chi connectivity index (χ3v) is 5.11. The number of aryl methyl sites for hydroxylation is 2. The molecule has 0 saturated carbocycles. The Bertz CT molecular complexity index is 690. The van der Waals surface area contributed by atoms with Gasteiger partial charge in [0.2, 0.25) is 5.91 Å². The predicted octanol–water partition coefficient (Wildman–Crippen LogP) is 3.03. The first-order chi connectivity index (χ1) is 11.1. The molecule has 1 amide bonds. The lowest BCUT2D eigenvalue weighted by molar-refractivity contribution is -0.133. The molecule has 1 aliphatic heterocycles.